The molecule has 2 fully saturated rings. The Morgan fingerprint density at radius 3 is 2.67 bits per heavy atom. The van der Waals surface area contributed by atoms with E-state index in [-0.39, 0.29) is 12.0 Å². The van der Waals surface area contributed by atoms with Gasteiger partial charge in [0.05, 0.1) is 28.7 Å². The number of piperidine rings is 2. The molecule has 0 aromatic carbocycles. The topological polar surface area (TPSA) is 109 Å². The molecule has 2 saturated heterocycles. The van der Waals surface area contributed by atoms with E-state index in [2.05, 4.69) is 42.2 Å². The van der Waals surface area contributed by atoms with E-state index in [9.17, 15) is 4.79 Å². The van der Waals surface area contributed by atoms with E-state index in [1.807, 2.05) is 6.07 Å². The largest absolute Gasteiger partial charge is 0.460 e. The molecule has 5 heterocycles. The second-order valence-electron chi connectivity index (χ2n) is 8.27. The maximum absolute atomic E-state index is 12.1. The number of thiazole rings is 1. The van der Waals surface area contributed by atoms with E-state index in [4.69, 9.17) is 4.74 Å². The average Bonchev–Trinajstić information content (AvgIpc) is 3.30. The first-order valence-corrected chi connectivity index (χ1v) is 12.0. The van der Waals surface area contributed by atoms with Gasteiger partial charge >= 0.3 is 6.01 Å². The fourth-order valence-electron chi connectivity index (χ4n) is 3.94. The number of aromatic nitrogens is 5. The molecule has 5 rings (SSSR count). The zero-order valence-electron chi connectivity index (χ0n) is 18.5. The highest BCUT2D eigenvalue weighted by Gasteiger charge is 2.21. The minimum atomic E-state index is 0.124. The fraction of sp³-hybridized carbons (Fsp3) is 0.455. The molecule has 0 atom stereocenters. The van der Waals surface area contributed by atoms with E-state index in [0.717, 1.165) is 55.0 Å². The van der Waals surface area contributed by atoms with Crippen LogP contribution < -0.4 is 15.0 Å². The standard InChI is InChI=1S/C22H26N8O2S/c1-29-10-6-16(7-11-29)32-21-23-8-5-17(27-21)18-14-26-22(33-18)28-20-24-12-15(13-25-20)30-9-3-2-4-19(30)31/h5,8,12-14,16H,2-4,6-7,9-11H2,1H3,(H,24,25,26,28). The summed E-state index contributed by atoms with van der Waals surface area (Å²) in [7, 11) is 2.12. The molecule has 33 heavy (non-hydrogen) atoms. The minimum Gasteiger partial charge on any atom is -0.460 e. The summed E-state index contributed by atoms with van der Waals surface area (Å²) in [6.45, 7) is 2.75. The maximum Gasteiger partial charge on any atom is 0.317 e. The van der Waals surface area contributed by atoms with Crippen molar-refractivity contribution in [3.8, 4) is 16.6 Å². The normalized spacial score (nSPS) is 17.8. The van der Waals surface area contributed by atoms with Gasteiger partial charge in [0.2, 0.25) is 11.9 Å². The van der Waals surface area contributed by atoms with Crippen LogP contribution in [0.4, 0.5) is 16.8 Å². The Morgan fingerprint density at radius 1 is 1.06 bits per heavy atom. The number of hydrogen-bond donors (Lipinski definition) is 1. The Hall–Kier alpha value is -3.18. The Kier molecular flexibility index (Phi) is 6.40. The van der Waals surface area contributed by atoms with Crippen LogP contribution in [0.25, 0.3) is 10.6 Å². The third kappa shape index (κ3) is 5.25. The SMILES string of the molecule is CN1CCC(Oc2nccc(-c3cnc(Nc4ncc(N5CCCCC5=O)cn4)s3)n2)CC1. The Labute approximate surface area is 196 Å². The van der Waals surface area contributed by atoms with Crippen molar-refractivity contribution in [1.82, 2.24) is 29.8 Å². The van der Waals surface area contributed by atoms with Gasteiger partial charge in [-0.05, 0) is 38.8 Å². The number of amides is 1. The van der Waals surface area contributed by atoms with Crippen molar-refractivity contribution in [3.05, 3.63) is 30.9 Å². The lowest BCUT2D eigenvalue weighted by atomic mass is 10.1. The van der Waals surface area contributed by atoms with Crippen LogP contribution in [0.1, 0.15) is 32.1 Å². The van der Waals surface area contributed by atoms with Gasteiger partial charge in [0.15, 0.2) is 5.13 Å². The number of ether oxygens (including phenoxy) is 1. The zero-order valence-corrected chi connectivity index (χ0v) is 19.3. The zero-order chi connectivity index (χ0) is 22.6. The highest BCUT2D eigenvalue weighted by Crippen LogP contribution is 2.30. The van der Waals surface area contributed by atoms with Crippen molar-refractivity contribution in [1.29, 1.82) is 0 Å². The van der Waals surface area contributed by atoms with Gasteiger partial charge in [-0.15, -0.1) is 0 Å². The number of carbonyl (C=O) groups excluding carboxylic acids is 1. The predicted molar refractivity (Wildman–Crippen MR) is 126 cm³/mol. The van der Waals surface area contributed by atoms with E-state index >= 15 is 0 Å². The molecule has 0 saturated carbocycles. The van der Waals surface area contributed by atoms with Crippen LogP contribution in [-0.2, 0) is 4.79 Å². The van der Waals surface area contributed by atoms with E-state index in [1.54, 1.807) is 29.7 Å². The molecule has 0 spiro atoms. The molecule has 0 aliphatic carbocycles. The van der Waals surface area contributed by atoms with Gasteiger partial charge in [0.25, 0.3) is 0 Å². The second-order valence-corrected chi connectivity index (χ2v) is 9.30. The average molecular weight is 467 g/mol. The van der Waals surface area contributed by atoms with E-state index in [1.165, 1.54) is 11.3 Å². The minimum absolute atomic E-state index is 0.124. The van der Waals surface area contributed by atoms with Crippen LogP contribution >= 0.6 is 11.3 Å². The molecule has 1 N–H and O–H groups in total. The fourth-order valence-corrected chi connectivity index (χ4v) is 4.72. The van der Waals surface area contributed by atoms with Gasteiger partial charge in [-0.1, -0.05) is 11.3 Å². The van der Waals surface area contributed by atoms with Crippen molar-refractivity contribution in [2.24, 2.45) is 0 Å². The van der Waals surface area contributed by atoms with Crippen molar-refractivity contribution < 1.29 is 9.53 Å². The van der Waals surface area contributed by atoms with Gasteiger partial charge in [-0.2, -0.15) is 4.98 Å². The lowest BCUT2D eigenvalue weighted by molar-refractivity contribution is -0.119. The number of likely N-dealkylation sites (tertiary alicyclic amines) is 1. The van der Waals surface area contributed by atoms with Crippen LogP contribution in [0.2, 0.25) is 0 Å². The van der Waals surface area contributed by atoms with Gasteiger partial charge in [-0.3, -0.25) is 4.79 Å². The van der Waals surface area contributed by atoms with Crippen molar-refractivity contribution in [2.45, 2.75) is 38.2 Å². The monoisotopic (exact) mass is 466 g/mol. The van der Waals surface area contributed by atoms with Gasteiger partial charge in [0, 0.05) is 38.4 Å². The molecule has 10 nitrogen and oxygen atoms in total. The smallest absolute Gasteiger partial charge is 0.317 e. The summed E-state index contributed by atoms with van der Waals surface area (Å²) < 4.78 is 6.01. The molecular formula is C22H26N8O2S. The summed E-state index contributed by atoms with van der Waals surface area (Å²) in [4.78, 5) is 39.0. The first kappa shape index (κ1) is 21.7. The lowest BCUT2D eigenvalue weighted by Gasteiger charge is -2.28. The summed E-state index contributed by atoms with van der Waals surface area (Å²) in [6.07, 6.45) is 11.4. The summed E-state index contributed by atoms with van der Waals surface area (Å²) in [5.41, 5.74) is 1.49. The van der Waals surface area contributed by atoms with Crippen LogP contribution in [0.3, 0.4) is 0 Å². The van der Waals surface area contributed by atoms with Crippen LogP contribution in [-0.4, -0.2) is 68.5 Å². The molecule has 2 aliphatic rings. The molecular weight excluding hydrogens is 440 g/mol. The second kappa shape index (κ2) is 9.75. The number of nitrogens with zero attached hydrogens (tertiary/aromatic N) is 7. The molecule has 3 aromatic heterocycles. The molecule has 0 radical (unpaired) electrons. The first-order valence-electron chi connectivity index (χ1n) is 11.2. The Balaban J connectivity index is 1.23. The van der Waals surface area contributed by atoms with Gasteiger partial charge in [-0.25, -0.2) is 19.9 Å². The summed E-state index contributed by atoms with van der Waals surface area (Å²) in [5, 5.41) is 3.78. The molecule has 2 aliphatic heterocycles. The van der Waals surface area contributed by atoms with Crippen molar-refractivity contribution in [3.63, 3.8) is 0 Å². The van der Waals surface area contributed by atoms with Crippen LogP contribution in [0.15, 0.2) is 30.9 Å². The number of hydrogen-bond acceptors (Lipinski definition) is 10. The molecule has 3 aromatic rings. The first-order chi connectivity index (χ1) is 16.1. The number of carbonyl (C=O) groups is 1. The molecule has 172 valence electrons. The number of rotatable bonds is 6. The maximum atomic E-state index is 12.1. The van der Waals surface area contributed by atoms with Gasteiger partial charge in [0.1, 0.15) is 6.10 Å². The summed E-state index contributed by atoms with van der Waals surface area (Å²) in [5.74, 6) is 0.553. The Morgan fingerprint density at radius 2 is 1.88 bits per heavy atom. The van der Waals surface area contributed by atoms with Crippen LogP contribution in [0, 0.1) is 0 Å². The van der Waals surface area contributed by atoms with E-state index in [0.29, 0.717) is 30.1 Å². The molecule has 0 unspecified atom stereocenters. The highest BCUT2D eigenvalue weighted by atomic mass is 32.1. The molecule has 0 bridgehead atoms. The number of anilines is 3. The lowest BCUT2D eigenvalue weighted by Crippen LogP contribution is -2.35. The summed E-state index contributed by atoms with van der Waals surface area (Å²) >= 11 is 1.45. The Bertz CT molecular complexity index is 1100. The third-order valence-corrected chi connectivity index (χ3v) is 6.76. The molecule has 1 amide bonds. The van der Waals surface area contributed by atoms with Gasteiger partial charge < -0.3 is 19.9 Å². The predicted octanol–water partition coefficient (Wildman–Crippen LogP) is 3.12. The van der Waals surface area contributed by atoms with Crippen LogP contribution in [0.5, 0.6) is 6.01 Å². The van der Waals surface area contributed by atoms with Crippen molar-refractivity contribution in [2.75, 3.05) is 36.9 Å². The van der Waals surface area contributed by atoms with Crippen molar-refractivity contribution >= 4 is 34.0 Å². The quantitative estimate of drug-likeness (QED) is 0.586. The van der Waals surface area contributed by atoms with E-state index < -0.39 is 0 Å². The third-order valence-electron chi connectivity index (χ3n) is 5.82. The molecule has 11 heteroatoms. The number of nitrogens with one attached hydrogen (secondary N) is 1. The highest BCUT2D eigenvalue weighted by molar-refractivity contribution is 7.18. The summed E-state index contributed by atoms with van der Waals surface area (Å²) in [6, 6.07) is 2.25.